The van der Waals surface area contributed by atoms with Crippen molar-refractivity contribution in [1.29, 1.82) is 0 Å². The molecule has 0 atom stereocenters. The van der Waals surface area contributed by atoms with E-state index >= 15 is 0 Å². The minimum absolute atomic E-state index is 0.567. The number of hydrogen-bond acceptors (Lipinski definition) is 5. The lowest BCUT2D eigenvalue weighted by atomic mass is 10.0. The van der Waals surface area contributed by atoms with Gasteiger partial charge in [-0.25, -0.2) is 15.0 Å². The number of nitrogens with one attached hydrogen (secondary N) is 1. The monoisotopic (exact) mass is 385 g/mol. The predicted molar refractivity (Wildman–Crippen MR) is 115 cm³/mol. The maximum Gasteiger partial charge on any atom is 0.223 e. The topological polar surface area (TPSA) is 64.9 Å². The van der Waals surface area contributed by atoms with Crippen LogP contribution in [0, 0.1) is 6.92 Å². The molecule has 4 aromatic rings. The lowest BCUT2D eigenvalue weighted by molar-refractivity contribution is 0.415. The van der Waals surface area contributed by atoms with E-state index in [1.807, 2.05) is 60.4 Å². The summed E-state index contributed by atoms with van der Waals surface area (Å²) in [7, 11) is 3.62. The van der Waals surface area contributed by atoms with E-state index in [9.17, 15) is 0 Å². The molecule has 0 spiro atoms. The molecule has 0 unspecified atom stereocenters. The fourth-order valence-electron chi connectivity index (χ4n) is 3.22. The fraction of sp³-hybridized carbons (Fsp3) is 0.174. The van der Waals surface area contributed by atoms with Gasteiger partial charge < -0.3 is 14.6 Å². The molecule has 4 rings (SSSR count). The predicted octanol–water partition coefficient (Wildman–Crippen LogP) is 4.47. The van der Waals surface area contributed by atoms with Crippen molar-refractivity contribution in [1.82, 2.24) is 19.5 Å². The Hall–Kier alpha value is -3.67. The van der Waals surface area contributed by atoms with Crippen LogP contribution in [-0.4, -0.2) is 26.6 Å². The van der Waals surface area contributed by atoms with E-state index in [0.29, 0.717) is 12.5 Å². The maximum atomic E-state index is 5.38. The summed E-state index contributed by atoms with van der Waals surface area (Å²) in [6.45, 7) is 2.76. The first-order chi connectivity index (χ1) is 14.2. The van der Waals surface area contributed by atoms with Crippen molar-refractivity contribution >= 4 is 5.95 Å². The quantitative estimate of drug-likeness (QED) is 0.530. The average Bonchev–Trinajstić information content (AvgIpc) is 3.19. The minimum atomic E-state index is 0.567. The summed E-state index contributed by atoms with van der Waals surface area (Å²) in [6, 6.07) is 16.2. The van der Waals surface area contributed by atoms with Gasteiger partial charge in [0, 0.05) is 37.7 Å². The van der Waals surface area contributed by atoms with E-state index in [1.54, 1.807) is 13.3 Å². The van der Waals surface area contributed by atoms with Gasteiger partial charge in [0.2, 0.25) is 5.95 Å². The van der Waals surface area contributed by atoms with Crippen LogP contribution in [-0.2, 0) is 13.6 Å². The summed E-state index contributed by atoms with van der Waals surface area (Å²) in [6.07, 6.45) is 5.52. The van der Waals surface area contributed by atoms with Crippen molar-refractivity contribution in [3.63, 3.8) is 0 Å². The normalized spacial score (nSPS) is 10.7. The summed E-state index contributed by atoms with van der Waals surface area (Å²) >= 11 is 0. The van der Waals surface area contributed by atoms with E-state index in [-0.39, 0.29) is 0 Å². The van der Waals surface area contributed by atoms with Gasteiger partial charge in [-0.05, 0) is 35.7 Å². The molecule has 1 N–H and O–H groups in total. The number of rotatable bonds is 6. The number of hydrogen-bond donors (Lipinski definition) is 1. The lowest BCUT2D eigenvalue weighted by Crippen LogP contribution is -2.07. The molecule has 0 aliphatic carbocycles. The Morgan fingerprint density at radius 3 is 2.69 bits per heavy atom. The third kappa shape index (κ3) is 3.96. The number of anilines is 1. The fourth-order valence-corrected chi connectivity index (χ4v) is 3.22. The Balaban J connectivity index is 1.73. The molecule has 0 saturated heterocycles. The Morgan fingerprint density at radius 1 is 1.07 bits per heavy atom. The van der Waals surface area contributed by atoms with E-state index in [4.69, 9.17) is 9.72 Å². The second kappa shape index (κ2) is 8.14. The molecule has 0 radical (unpaired) electrons. The molecule has 2 aromatic heterocycles. The number of methoxy groups -OCH3 is 1. The van der Waals surface area contributed by atoms with Crippen molar-refractivity contribution in [2.45, 2.75) is 13.5 Å². The molecule has 0 aliphatic rings. The highest BCUT2D eigenvalue weighted by atomic mass is 16.5. The molecule has 0 saturated carbocycles. The molecule has 6 heteroatoms. The number of imidazole rings is 1. The zero-order valence-electron chi connectivity index (χ0n) is 16.8. The first kappa shape index (κ1) is 18.7. The molecule has 146 valence electrons. The SMILES string of the molecule is COc1cccc(-c2cnc(NCc3ccccc3C)nc2-c2nccn2C)c1. The van der Waals surface area contributed by atoms with Gasteiger partial charge in [0.25, 0.3) is 0 Å². The van der Waals surface area contributed by atoms with Gasteiger partial charge in [0.1, 0.15) is 11.4 Å². The number of benzene rings is 2. The Bertz CT molecular complexity index is 1140. The van der Waals surface area contributed by atoms with Gasteiger partial charge in [0.15, 0.2) is 5.82 Å². The molecule has 2 aromatic carbocycles. The number of aromatic nitrogens is 4. The van der Waals surface area contributed by atoms with Crippen LogP contribution in [0.5, 0.6) is 5.75 Å². The first-order valence-corrected chi connectivity index (χ1v) is 9.43. The highest BCUT2D eigenvalue weighted by Crippen LogP contribution is 2.31. The van der Waals surface area contributed by atoms with E-state index < -0.39 is 0 Å². The number of nitrogens with zero attached hydrogens (tertiary/aromatic N) is 4. The molecule has 0 aliphatic heterocycles. The molecule has 0 fully saturated rings. The lowest BCUT2D eigenvalue weighted by Gasteiger charge is -2.13. The largest absolute Gasteiger partial charge is 0.497 e. The maximum absolute atomic E-state index is 5.38. The molecule has 0 bridgehead atoms. The molecule has 0 amide bonds. The van der Waals surface area contributed by atoms with Crippen LogP contribution in [0.3, 0.4) is 0 Å². The van der Waals surface area contributed by atoms with Crippen LogP contribution in [0.4, 0.5) is 5.95 Å². The van der Waals surface area contributed by atoms with Gasteiger partial charge in [-0.15, -0.1) is 0 Å². The second-order valence-corrected chi connectivity index (χ2v) is 6.83. The van der Waals surface area contributed by atoms with Gasteiger partial charge >= 0.3 is 0 Å². The Labute approximate surface area is 170 Å². The summed E-state index contributed by atoms with van der Waals surface area (Å²) in [4.78, 5) is 13.9. The first-order valence-electron chi connectivity index (χ1n) is 9.43. The Morgan fingerprint density at radius 2 is 1.93 bits per heavy atom. The molecular weight excluding hydrogens is 362 g/mol. The molecule has 29 heavy (non-hydrogen) atoms. The highest BCUT2D eigenvalue weighted by Gasteiger charge is 2.16. The van der Waals surface area contributed by atoms with Crippen LogP contribution < -0.4 is 10.1 Å². The van der Waals surface area contributed by atoms with E-state index in [0.717, 1.165) is 28.4 Å². The number of aryl methyl sites for hydroxylation is 2. The van der Waals surface area contributed by atoms with Crippen molar-refractivity contribution in [2.24, 2.45) is 7.05 Å². The molecule has 6 nitrogen and oxygen atoms in total. The zero-order chi connectivity index (χ0) is 20.2. The van der Waals surface area contributed by atoms with Crippen LogP contribution in [0.15, 0.2) is 67.1 Å². The van der Waals surface area contributed by atoms with Crippen LogP contribution in [0.25, 0.3) is 22.6 Å². The van der Waals surface area contributed by atoms with Crippen molar-refractivity contribution in [3.8, 4) is 28.4 Å². The third-order valence-corrected chi connectivity index (χ3v) is 4.90. The summed E-state index contributed by atoms with van der Waals surface area (Å²) in [5, 5.41) is 3.34. The summed E-state index contributed by atoms with van der Waals surface area (Å²) in [5.41, 5.74) is 5.10. The second-order valence-electron chi connectivity index (χ2n) is 6.83. The highest BCUT2D eigenvalue weighted by molar-refractivity contribution is 5.78. The standard InChI is InChI=1S/C23H23N5O/c1-16-7-4-5-8-18(16)14-25-23-26-15-20(17-9-6-10-19(13-17)29-3)21(27-23)22-24-11-12-28(22)2/h4-13,15H,14H2,1-3H3,(H,25,26,27). The summed E-state index contributed by atoms with van der Waals surface area (Å²) < 4.78 is 7.33. The van der Waals surface area contributed by atoms with Gasteiger partial charge in [0.05, 0.1) is 7.11 Å². The summed E-state index contributed by atoms with van der Waals surface area (Å²) in [5.74, 6) is 2.14. The van der Waals surface area contributed by atoms with E-state index in [2.05, 4.69) is 34.3 Å². The number of ether oxygens (including phenoxy) is 1. The van der Waals surface area contributed by atoms with Crippen LogP contribution in [0.2, 0.25) is 0 Å². The van der Waals surface area contributed by atoms with E-state index in [1.165, 1.54) is 11.1 Å². The minimum Gasteiger partial charge on any atom is -0.497 e. The van der Waals surface area contributed by atoms with Gasteiger partial charge in [-0.3, -0.25) is 0 Å². The third-order valence-electron chi connectivity index (χ3n) is 4.90. The van der Waals surface area contributed by atoms with Gasteiger partial charge in [-0.1, -0.05) is 36.4 Å². The van der Waals surface area contributed by atoms with Crippen molar-refractivity contribution in [2.75, 3.05) is 12.4 Å². The smallest absolute Gasteiger partial charge is 0.223 e. The van der Waals surface area contributed by atoms with Crippen LogP contribution in [0.1, 0.15) is 11.1 Å². The van der Waals surface area contributed by atoms with Crippen molar-refractivity contribution in [3.05, 3.63) is 78.2 Å². The molecule has 2 heterocycles. The average molecular weight is 385 g/mol. The zero-order valence-corrected chi connectivity index (χ0v) is 16.8. The molecular formula is C23H23N5O. The van der Waals surface area contributed by atoms with Crippen LogP contribution >= 0.6 is 0 Å². The van der Waals surface area contributed by atoms with Gasteiger partial charge in [-0.2, -0.15) is 0 Å². The Kier molecular flexibility index (Phi) is 5.24. The van der Waals surface area contributed by atoms with Crippen molar-refractivity contribution < 1.29 is 4.74 Å².